The van der Waals surface area contributed by atoms with Crippen LogP contribution in [0.4, 0.5) is 11.6 Å². The Kier molecular flexibility index (Phi) is 4.67. The number of fused-ring (bicyclic) bond motifs is 3. The number of nitrogens with zero attached hydrogens (tertiary/aromatic N) is 5. The topological polar surface area (TPSA) is 102 Å². The van der Waals surface area contributed by atoms with Crippen LogP contribution in [0.25, 0.3) is 11.2 Å². The van der Waals surface area contributed by atoms with Crippen LogP contribution in [-0.4, -0.2) is 58.3 Å². The number of hydrogen-bond acceptors (Lipinski definition) is 9. The van der Waals surface area contributed by atoms with E-state index >= 15 is 0 Å². The van der Waals surface area contributed by atoms with Crippen molar-refractivity contribution in [2.24, 2.45) is 0 Å². The summed E-state index contributed by atoms with van der Waals surface area (Å²) < 4.78 is 5.96. The summed E-state index contributed by atoms with van der Waals surface area (Å²) in [7, 11) is 0. The molecule has 2 aliphatic rings. The molecule has 2 saturated heterocycles. The first-order valence-electron chi connectivity index (χ1n) is 8.98. The molecule has 3 aromatic heterocycles. The minimum Gasteiger partial charge on any atom is -0.382 e. The predicted octanol–water partition coefficient (Wildman–Crippen LogP) is 1.98. The highest BCUT2D eigenvalue weighted by Gasteiger charge is 2.31. The van der Waals surface area contributed by atoms with Gasteiger partial charge in [0.25, 0.3) is 0 Å². The first kappa shape index (κ1) is 17.9. The van der Waals surface area contributed by atoms with Crippen molar-refractivity contribution in [3.05, 3.63) is 35.6 Å². The molecule has 3 aromatic rings. The zero-order chi connectivity index (χ0) is 19.1. The van der Waals surface area contributed by atoms with E-state index in [4.69, 9.17) is 27.1 Å². The molecule has 0 aliphatic carbocycles. The number of nitrogens with one attached hydrogen (secondary N) is 1. The molecule has 5 rings (SSSR count). The molecule has 0 saturated carbocycles. The average molecular weight is 416 g/mol. The van der Waals surface area contributed by atoms with E-state index in [1.165, 1.54) is 11.8 Å². The lowest BCUT2D eigenvalue weighted by Gasteiger charge is -2.42. The molecule has 5 heterocycles. The van der Waals surface area contributed by atoms with Crippen LogP contribution in [0.3, 0.4) is 0 Å². The van der Waals surface area contributed by atoms with Crippen molar-refractivity contribution < 1.29 is 4.74 Å². The Bertz CT molecular complexity index is 1020. The fraction of sp³-hybridized carbons (Fsp3) is 0.333. The molecular weight excluding hydrogens is 398 g/mol. The molecule has 28 heavy (non-hydrogen) atoms. The van der Waals surface area contributed by atoms with Crippen LogP contribution in [0.15, 0.2) is 40.5 Å². The summed E-state index contributed by atoms with van der Waals surface area (Å²) in [6, 6.07) is 5.66. The third kappa shape index (κ3) is 3.46. The normalized spacial score (nSPS) is 21.8. The maximum Gasteiger partial charge on any atom is 0.179 e. The molecule has 0 radical (unpaired) electrons. The average Bonchev–Trinajstić information content (AvgIpc) is 2.71. The zero-order valence-electron chi connectivity index (χ0n) is 14.9. The van der Waals surface area contributed by atoms with E-state index in [-0.39, 0.29) is 12.2 Å². The largest absolute Gasteiger partial charge is 0.382 e. The highest BCUT2D eigenvalue weighted by atomic mass is 35.5. The summed E-state index contributed by atoms with van der Waals surface area (Å²) >= 11 is 7.65. The summed E-state index contributed by atoms with van der Waals surface area (Å²) in [5.41, 5.74) is 7.13. The molecule has 10 heteroatoms. The number of anilines is 2. The van der Waals surface area contributed by atoms with Gasteiger partial charge in [-0.3, -0.25) is 0 Å². The summed E-state index contributed by atoms with van der Waals surface area (Å²) in [6.07, 6.45) is 3.80. The van der Waals surface area contributed by atoms with Crippen molar-refractivity contribution in [2.45, 2.75) is 22.1 Å². The van der Waals surface area contributed by atoms with Gasteiger partial charge in [0.15, 0.2) is 5.65 Å². The Morgan fingerprint density at radius 3 is 2.79 bits per heavy atom. The lowest BCUT2D eigenvalue weighted by molar-refractivity contribution is -0.0485. The molecule has 2 fully saturated rings. The highest BCUT2D eigenvalue weighted by Crippen LogP contribution is 2.34. The van der Waals surface area contributed by atoms with E-state index in [2.05, 4.69) is 25.2 Å². The second-order valence-electron chi connectivity index (χ2n) is 6.77. The fourth-order valence-corrected chi connectivity index (χ4v) is 4.51. The molecule has 144 valence electrons. The van der Waals surface area contributed by atoms with Crippen LogP contribution < -0.4 is 16.0 Å². The number of morpholine rings is 2. The van der Waals surface area contributed by atoms with E-state index in [9.17, 15) is 0 Å². The molecule has 8 nitrogen and oxygen atoms in total. The molecular formula is C18H18ClN7OS. The minimum absolute atomic E-state index is 0.194. The maximum atomic E-state index is 6.22. The molecule has 0 aromatic carbocycles. The standard InChI is InChI=1S/C18H18ClN7OS/c19-16-13(3-4-22-17(16)20)28-15-2-1-12-18(25-15)23-7-14(24-12)26-8-10-5-21-6-11(9-26)27-10/h1-4,7,10-11,21H,5-6,8-9H2,(H2,20,22). The van der Waals surface area contributed by atoms with Crippen molar-refractivity contribution in [3.63, 3.8) is 0 Å². The predicted molar refractivity (Wildman–Crippen MR) is 109 cm³/mol. The van der Waals surface area contributed by atoms with Gasteiger partial charge in [0.2, 0.25) is 0 Å². The number of rotatable bonds is 3. The molecule has 0 amide bonds. The van der Waals surface area contributed by atoms with Gasteiger partial charge >= 0.3 is 0 Å². The van der Waals surface area contributed by atoms with Gasteiger partial charge in [-0.05, 0) is 18.2 Å². The van der Waals surface area contributed by atoms with Gasteiger partial charge in [0.1, 0.15) is 22.2 Å². The summed E-state index contributed by atoms with van der Waals surface area (Å²) in [5, 5.41) is 4.61. The third-order valence-electron chi connectivity index (χ3n) is 4.76. The molecule has 2 bridgehead atoms. The van der Waals surface area contributed by atoms with Gasteiger partial charge in [-0.25, -0.2) is 19.9 Å². The van der Waals surface area contributed by atoms with Crippen LogP contribution in [0.2, 0.25) is 5.02 Å². The Balaban J connectivity index is 1.39. The Hall–Kier alpha value is -2.20. The van der Waals surface area contributed by atoms with Crippen molar-refractivity contribution in [1.82, 2.24) is 25.3 Å². The van der Waals surface area contributed by atoms with Crippen molar-refractivity contribution in [3.8, 4) is 0 Å². The summed E-state index contributed by atoms with van der Waals surface area (Å²) in [6.45, 7) is 3.37. The van der Waals surface area contributed by atoms with Gasteiger partial charge in [0, 0.05) is 37.3 Å². The van der Waals surface area contributed by atoms with Gasteiger partial charge in [-0.1, -0.05) is 23.4 Å². The summed E-state index contributed by atoms with van der Waals surface area (Å²) in [5.74, 6) is 1.17. The molecule has 3 N–H and O–H groups in total. The van der Waals surface area contributed by atoms with E-state index in [1.807, 2.05) is 18.2 Å². The fourth-order valence-electron chi connectivity index (χ4n) is 3.46. The maximum absolute atomic E-state index is 6.22. The van der Waals surface area contributed by atoms with E-state index in [1.54, 1.807) is 12.4 Å². The molecule has 2 unspecified atom stereocenters. The van der Waals surface area contributed by atoms with Crippen LogP contribution in [0.5, 0.6) is 0 Å². The first-order valence-corrected chi connectivity index (χ1v) is 10.2. The Labute approximate surface area is 170 Å². The number of aromatic nitrogens is 4. The van der Waals surface area contributed by atoms with E-state index in [0.29, 0.717) is 16.5 Å². The van der Waals surface area contributed by atoms with Gasteiger partial charge < -0.3 is 20.7 Å². The lowest BCUT2D eigenvalue weighted by Crippen LogP contribution is -2.58. The minimum atomic E-state index is 0.194. The molecule has 2 atom stereocenters. The van der Waals surface area contributed by atoms with Crippen molar-refractivity contribution in [2.75, 3.05) is 36.8 Å². The quantitative estimate of drug-likeness (QED) is 0.664. The number of nitrogen functional groups attached to an aromatic ring is 1. The van der Waals surface area contributed by atoms with E-state index < -0.39 is 0 Å². The smallest absolute Gasteiger partial charge is 0.179 e. The molecule has 0 spiro atoms. The van der Waals surface area contributed by atoms with Gasteiger partial charge in [-0.2, -0.15) is 0 Å². The lowest BCUT2D eigenvalue weighted by atomic mass is 10.1. The zero-order valence-corrected chi connectivity index (χ0v) is 16.5. The second-order valence-corrected chi connectivity index (χ2v) is 8.21. The number of nitrogens with two attached hydrogens (primary N) is 1. The SMILES string of the molecule is Nc1nccc(Sc2ccc3nc(N4CC5CNCC(C4)O5)cnc3n2)c1Cl. The summed E-state index contributed by atoms with van der Waals surface area (Å²) in [4.78, 5) is 20.9. The number of pyridine rings is 2. The van der Waals surface area contributed by atoms with Crippen LogP contribution in [0, 0.1) is 0 Å². The van der Waals surface area contributed by atoms with E-state index in [0.717, 1.165) is 47.4 Å². The van der Waals surface area contributed by atoms with Gasteiger partial charge in [-0.15, -0.1) is 0 Å². The Morgan fingerprint density at radius 1 is 1.14 bits per heavy atom. The number of hydrogen-bond donors (Lipinski definition) is 2. The van der Waals surface area contributed by atoms with Crippen LogP contribution >= 0.6 is 23.4 Å². The monoisotopic (exact) mass is 415 g/mol. The highest BCUT2D eigenvalue weighted by molar-refractivity contribution is 7.99. The van der Waals surface area contributed by atoms with Crippen LogP contribution in [0.1, 0.15) is 0 Å². The third-order valence-corrected chi connectivity index (χ3v) is 6.27. The Morgan fingerprint density at radius 2 is 1.96 bits per heavy atom. The number of ether oxygens (including phenoxy) is 1. The van der Waals surface area contributed by atoms with Crippen molar-refractivity contribution >= 4 is 46.2 Å². The van der Waals surface area contributed by atoms with Crippen LogP contribution in [-0.2, 0) is 4.74 Å². The van der Waals surface area contributed by atoms with Crippen molar-refractivity contribution in [1.29, 1.82) is 0 Å². The van der Waals surface area contributed by atoms with Gasteiger partial charge in [0.05, 0.1) is 23.4 Å². The first-order chi connectivity index (χ1) is 13.7. The number of halogens is 1. The second kappa shape index (κ2) is 7.32. The molecule has 2 aliphatic heterocycles.